The average molecular weight is 373 g/mol. The number of hydrogen-bond acceptors (Lipinski definition) is 5. The highest BCUT2D eigenvalue weighted by molar-refractivity contribution is 6.03. The third-order valence-electron chi connectivity index (χ3n) is 4.78. The van der Waals surface area contributed by atoms with Crippen molar-refractivity contribution < 1.29 is 14.0 Å². The van der Waals surface area contributed by atoms with E-state index in [0.29, 0.717) is 29.2 Å². The molecule has 8 heteroatoms. The van der Waals surface area contributed by atoms with Gasteiger partial charge in [-0.3, -0.25) is 9.59 Å². The van der Waals surface area contributed by atoms with E-state index in [1.165, 1.54) is 6.07 Å². The van der Waals surface area contributed by atoms with E-state index in [1.54, 1.807) is 6.08 Å². The van der Waals surface area contributed by atoms with Crippen molar-refractivity contribution in [3.63, 3.8) is 0 Å². The van der Waals surface area contributed by atoms with Gasteiger partial charge in [0, 0.05) is 29.9 Å². The maximum Gasteiger partial charge on any atom is 0.249 e. The van der Waals surface area contributed by atoms with Crippen molar-refractivity contribution in [1.29, 1.82) is 0 Å². The first-order chi connectivity index (χ1) is 12.8. The van der Waals surface area contributed by atoms with Gasteiger partial charge < -0.3 is 20.9 Å². The van der Waals surface area contributed by atoms with Crippen LogP contribution in [0.4, 0.5) is 10.2 Å². The number of allylic oxidation sites excluding steroid dienone is 1. The van der Waals surface area contributed by atoms with E-state index in [-0.39, 0.29) is 17.9 Å². The number of rotatable bonds is 5. The number of aromatic nitrogens is 1. The summed E-state index contributed by atoms with van der Waals surface area (Å²) in [5.41, 5.74) is 2.64. The Balaban J connectivity index is 1.84. The molecule has 1 aromatic heterocycles. The van der Waals surface area contributed by atoms with Crippen LogP contribution in [0, 0.1) is 5.82 Å². The van der Waals surface area contributed by atoms with Crippen LogP contribution in [-0.4, -0.2) is 54.9 Å². The Labute approximate surface area is 157 Å². The molecule has 1 aromatic rings. The molecule has 0 fully saturated rings. The van der Waals surface area contributed by atoms with Crippen molar-refractivity contribution in [3.05, 3.63) is 46.6 Å². The fourth-order valence-electron chi connectivity index (χ4n) is 3.38. The standard InChI is InChI=1S/C19H24FN5O2/c1-10-15(23-11(2)16(10)19(27)21-5-6-25(3)4)8-14-13-7-12(20)9-22-17(13)24-18(14)26/h7-9,11,14,23H,5-6H2,1-4H3,(H,21,27)(H,22,24,26)/b15-8-. The van der Waals surface area contributed by atoms with Gasteiger partial charge in [-0.05, 0) is 45.7 Å². The Morgan fingerprint density at radius 3 is 2.89 bits per heavy atom. The minimum Gasteiger partial charge on any atom is -0.378 e. The van der Waals surface area contributed by atoms with Crippen LogP contribution in [0.5, 0.6) is 0 Å². The summed E-state index contributed by atoms with van der Waals surface area (Å²) in [5, 5.41) is 8.82. The lowest BCUT2D eigenvalue weighted by molar-refractivity contribution is -0.118. The van der Waals surface area contributed by atoms with Gasteiger partial charge in [-0.25, -0.2) is 9.37 Å². The van der Waals surface area contributed by atoms with Crippen LogP contribution in [-0.2, 0) is 9.59 Å². The van der Waals surface area contributed by atoms with Gasteiger partial charge in [-0.2, -0.15) is 0 Å². The molecular formula is C19H24FN5O2. The molecule has 0 saturated carbocycles. The number of anilines is 1. The van der Waals surface area contributed by atoms with Crippen molar-refractivity contribution >= 4 is 17.6 Å². The molecule has 2 aliphatic heterocycles. The van der Waals surface area contributed by atoms with Crippen LogP contribution in [0.25, 0.3) is 0 Å². The number of amides is 2. The summed E-state index contributed by atoms with van der Waals surface area (Å²) in [5.74, 6) is -1.15. The first kappa shape index (κ1) is 19.0. The third kappa shape index (κ3) is 3.85. The molecule has 2 amide bonds. The highest BCUT2D eigenvalue weighted by atomic mass is 19.1. The van der Waals surface area contributed by atoms with Crippen molar-refractivity contribution in [1.82, 2.24) is 20.5 Å². The number of carbonyl (C=O) groups excluding carboxylic acids is 2. The Hall–Kier alpha value is -2.74. The topological polar surface area (TPSA) is 86.4 Å². The molecule has 27 heavy (non-hydrogen) atoms. The van der Waals surface area contributed by atoms with Crippen LogP contribution in [0.15, 0.2) is 35.2 Å². The van der Waals surface area contributed by atoms with Crippen molar-refractivity contribution in [2.45, 2.75) is 25.8 Å². The second-order valence-corrected chi connectivity index (χ2v) is 7.10. The van der Waals surface area contributed by atoms with Gasteiger partial charge in [-0.15, -0.1) is 0 Å². The largest absolute Gasteiger partial charge is 0.378 e. The second-order valence-electron chi connectivity index (χ2n) is 7.10. The summed E-state index contributed by atoms with van der Waals surface area (Å²) in [7, 11) is 3.89. The molecule has 0 aromatic carbocycles. The minimum atomic E-state index is -0.649. The van der Waals surface area contributed by atoms with Gasteiger partial charge in [0.15, 0.2) is 0 Å². The van der Waals surface area contributed by atoms with Crippen molar-refractivity contribution in [2.75, 3.05) is 32.5 Å². The summed E-state index contributed by atoms with van der Waals surface area (Å²) in [6, 6.07) is 1.14. The molecule has 2 unspecified atom stereocenters. The van der Waals surface area contributed by atoms with E-state index in [4.69, 9.17) is 0 Å². The molecule has 3 N–H and O–H groups in total. The van der Waals surface area contributed by atoms with Crippen molar-refractivity contribution in [2.24, 2.45) is 0 Å². The van der Waals surface area contributed by atoms with E-state index < -0.39 is 11.7 Å². The molecule has 3 rings (SSSR count). The Kier molecular flexibility index (Phi) is 5.27. The van der Waals surface area contributed by atoms with E-state index in [2.05, 4.69) is 20.9 Å². The predicted octanol–water partition coefficient (Wildman–Crippen LogP) is 1.13. The number of pyridine rings is 1. The fraction of sp³-hybridized carbons (Fsp3) is 0.421. The van der Waals surface area contributed by atoms with Crippen molar-refractivity contribution in [3.8, 4) is 0 Å². The highest BCUT2D eigenvalue weighted by Gasteiger charge is 2.34. The maximum absolute atomic E-state index is 13.6. The van der Waals surface area contributed by atoms with E-state index in [1.807, 2.05) is 32.8 Å². The van der Waals surface area contributed by atoms with Crippen LogP contribution < -0.4 is 16.0 Å². The zero-order valence-electron chi connectivity index (χ0n) is 15.9. The first-order valence-corrected chi connectivity index (χ1v) is 8.86. The molecule has 144 valence electrons. The van der Waals surface area contributed by atoms with Gasteiger partial charge >= 0.3 is 0 Å². The van der Waals surface area contributed by atoms with Crippen LogP contribution in [0.1, 0.15) is 25.3 Å². The predicted molar refractivity (Wildman–Crippen MR) is 101 cm³/mol. The summed E-state index contributed by atoms with van der Waals surface area (Å²) in [4.78, 5) is 30.8. The molecule has 0 bridgehead atoms. The minimum absolute atomic E-state index is 0.123. The monoisotopic (exact) mass is 373 g/mol. The zero-order chi connectivity index (χ0) is 19.7. The maximum atomic E-state index is 13.6. The molecule has 0 spiro atoms. The van der Waals surface area contributed by atoms with Gasteiger partial charge in [0.1, 0.15) is 11.6 Å². The highest BCUT2D eigenvalue weighted by Crippen LogP contribution is 2.35. The van der Waals surface area contributed by atoms with E-state index >= 15 is 0 Å². The summed E-state index contributed by atoms with van der Waals surface area (Å²) in [6.45, 7) is 5.05. The normalized spacial score (nSPS) is 22.9. The third-order valence-corrected chi connectivity index (χ3v) is 4.78. The Morgan fingerprint density at radius 2 is 2.19 bits per heavy atom. The average Bonchev–Trinajstić information content (AvgIpc) is 3.04. The van der Waals surface area contributed by atoms with Gasteiger partial charge in [0.05, 0.1) is 18.2 Å². The summed E-state index contributed by atoms with van der Waals surface area (Å²) < 4.78 is 13.6. The Bertz CT molecular complexity index is 847. The van der Waals surface area contributed by atoms with Gasteiger partial charge in [0.2, 0.25) is 11.8 Å². The molecule has 0 saturated heterocycles. The molecule has 7 nitrogen and oxygen atoms in total. The number of nitrogens with one attached hydrogen (secondary N) is 3. The van der Waals surface area contributed by atoms with E-state index in [0.717, 1.165) is 18.3 Å². The lowest BCUT2D eigenvalue weighted by Crippen LogP contribution is -2.35. The SMILES string of the molecule is CC1=C(C(=O)NCCN(C)C)C(C)N/C1=C\C1C(=O)Nc2ncc(F)cc21. The lowest BCUT2D eigenvalue weighted by Gasteiger charge is -2.13. The zero-order valence-corrected chi connectivity index (χ0v) is 15.9. The van der Waals surface area contributed by atoms with Crippen LogP contribution >= 0.6 is 0 Å². The molecule has 2 aliphatic rings. The number of carbonyl (C=O) groups is 2. The second kappa shape index (κ2) is 7.48. The smallest absolute Gasteiger partial charge is 0.249 e. The molecule has 3 heterocycles. The molecule has 0 radical (unpaired) electrons. The molecular weight excluding hydrogens is 349 g/mol. The number of halogens is 1. The Morgan fingerprint density at radius 1 is 1.44 bits per heavy atom. The molecule has 0 aliphatic carbocycles. The number of fused-ring (bicyclic) bond motifs is 1. The number of hydrogen-bond donors (Lipinski definition) is 3. The number of nitrogens with zero attached hydrogens (tertiary/aromatic N) is 2. The van der Waals surface area contributed by atoms with Gasteiger partial charge in [-0.1, -0.05) is 0 Å². The van der Waals surface area contributed by atoms with Gasteiger partial charge in [0.25, 0.3) is 0 Å². The summed E-state index contributed by atoms with van der Waals surface area (Å²) in [6.07, 6.45) is 2.81. The fourth-order valence-corrected chi connectivity index (χ4v) is 3.38. The number of likely N-dealkylation sites (N-methyl/N-ethyl adjacent to an activating group) is 1. The molecule has 2 atom stereocenters. The lowest BCUT2D eigenvalue weighted by atomic mass is 9.98. The first-order valence-electron chi connectivity index (χ1n) is 8.86. The van der Waals surface area contributed by atoms with E-state index in [9.17, 15) is 14.0 Å². The van der Waals surface area contributed by atoms with Crippen LogP contribution in [0.2, 0.25) is 0 Å². The van der Waals surface area contributed by atoms with Crippen LogP contribution in [0.3, 0.4) is 0 Å². The quantitative estimate of drug-likeness (QED) is 0.720. The summed E-state index contributed by atoms with van der Waals surface area (Å²) >= 11 is 0.